The van der Waals surface area contributed by atoms with Gasteiger partial charge in [0.05, 0.1) is 7.11 Å². The molecule has 0 fully saturated rings. The second-order valence-electron chi connectivity index (χ2n) is 5.63. The lowest BCUT2D eigenvalue weighted by Gasteiger charge is -2.22. The van der Waals surface area contributed by atoms with E-state index in [-0.39, 0.29) is 5.54 Å². The Hall–Kier alpha value is -1.06. The second-order valence-corrected chi connectivity index (χ2v) is 5.63. The van der Waals surface area contributed by atoms with Crippen LogP contribution in [-0.2, 0) is 0 Å². The minimum atomic E-state index is 0.181. The summed E-state index contributed by atoms with van der Waals surface area (Å²) >= 11 is 0. The molecule has 1 atom stereocenters. The Morgan fingerprint density at radius 1 is 1.22 bits per heavy atom. The van der Waals surface area contributed by atoms with Crippen LogP contribution in [0.1, 0.15) is 39.3 Å². The first kappa shape index (κ1) is 15.0. The van der Waals surface area contributed by atoms with E-state index in [1.54, 1.807) is 7.11 Å². The molecule has 3 nitrogen and oxygen atoms in total. The van der Waals surface area contributed by atoms with E-state index in [9.17, 15) is 0 Å². The Labute approximate surface area is 111 Å². The SMILES string of the molecule is COc1cccc([C@@H](C)NCCNC(C)(C)C)c1. The van der Waals surface area contributed by atoms with Gasteiger partial charge in [-0.3, -0.25) is 0 Å². The van der Waals surface area contributed by atoms with Gasteiger partial charge < -0.3 is 15.4 Å². The summed E-state index contributed by atoms with van der Waals surface area (Å²) in [6, 6.07) is 8.53. The van der Waals surface area contributed by atoms with Crippen molar-refractivity contribution >= 4 is 0 Å². The molecule has 18 heavy (non-hydrogen) atoms. The Bertz CT molecular complexity index is 358. The lowest BCUT2D eigenvalue weighted by molar-refractivity contribution is 0.409. The van der Waals surface area contributed by atoms with Crippen LogP contribution in [0.3, 0.4) is 0 Å². The Morgan fingerprint density at radius 3 is 2.56 bits per heavy atom. The highest BCUT2D eigenvalue weighted by Crippen LogP contribution is 2.18. The number of ether oxygens (including phenoxy) is 1. The van der Waals surface area contributed by atoms with E-state index in [0.717, 1.165) is 18.8 Å². The molecule has 102 valence electrons. The molecule has 0 unspecified atom stereocenters. The van der Waals surface area contributed by atoms with E-state index in [2.05, 4.69) is 50.5 Å². The van der Waals surface area contributed by atoms with Crippen molar-refractivity contribution in [2.45, 2.75) is 39.3 Å². The molecule has 1 aromatic carbocycles. The van der Waals surface area contributed by atoms with Crippen LogP contribution in [-0.4, -0.2) is 25.7 Å². The predicted octanol–water partition coefficient (Wildman–Crippen LogP) is 2.73. The molecule has 0 aliphatic heterocycles. The van der Waals surface area contributed by atoms with Gasteiger partial charge >= 0.3 is 0 Å². The Morgan fingerprint density at radius 2 is 1.94 bits per heavy atom. The molecule has 0 saturated carbocycles. The minimum absolute atomic E-state index is 0.181. The van der Waals surface area contributed by atoms with E-state index in [1.807, 2.05) is 12.1 Å². The molecule has 0 aliphatic rings. The van der Waals surface area contributed by atoms with Crippen LogP contribution in [0.25, 0.3) is 0 Å². The van der Waals surface area contributed by atoms with E-state index >= 15 is 0 Å². The molecule has 2 N–H and O–H groups in total. The van der Waals surface area contributed by atoms with Crippen molar-refractivity contribution in [1.82, 2.24) is 10.6 Å². The third-order valence-electron chi connectivity index (χ3n) is 2.82. The normalized spacial score (nSPS) is 13.4. The lowest BCUT2D eigenvalue weighted by atomic mass is 10.1. The molecule has 1 aromatic rings. The first-order chi connectivity index (χ1) is 8.42. The van der Waals surface area contributed by atoms with Crippen molar-refractivity contribution in [2.75, 3.05) is 20.2 Å². The molecule has 0 aromatic heterocycles. The summed E-state index contributed by atoms with van der Waals surface area (Å²) in [5, 5.41) is 6.97. The maximum Gasteiger partial charge on any atom is 0.119 e. The highest BCUT2D eigenvalue weighted by molar-refractivity contribution is 5.30. The van der Waals surface area contributed by atoms with E-state index < -0.39 is 0 Å². The second kappa shape index (κ2) is 6.76. The zero-order valence-corrected chi connectivity index (χ0v) is 12.2. The predicted molar refractivity (Wildman–Crippen MR) is 77.2 cm³/mol. The van der Waals surface area contributed by atoms with Crippen molar-refractivity contribution < 1.29 is 4.74 Å². The van der Waals surface area contributed by atoms with Crippen molar-refractivity contribution in [3.05, 3.63) is 29.8 Å². The summed E-state index contributed by atoms with van der Waals surface area (Å²) in [7, 11) is 1.70. The van der Waals surface area contributed by atoms with Gasteiger partial charge in [0.25, 0.3) is 0 Å². The van der Waals surface area contributed by atoms with Crippen molar-refractivity contribution in [2.24, 2.45) is 0 Å². The molecular formula is C15H26N2O. The van der Waals surface area contributed by atoms with Crippen molar-refractivity contribution in [1.29, 1.82) is 0 Å². The van der Waals surface area contributed by atoms with Gasteiger partial charge in [0.15, 0.2) is 0 Å². The van der Waals surface area contributed by atoms with Gasteiger partial charge in [0.2, 0.25) is 0 Å². The highest BCUT2D eigenvalue weighted by Gasteiger charge is 2.09. The maximum atomic E-state index is 5.24. The molecule has 3 heteroatoms. The fourth-order valence-electron chi connectivity index (χ4n) is 1.75. The fourth-order valence-corrected chi connectivity index (χ4v) is 1.75. The zero-order chi connectivity index (χ0) is 13.6. The molecule has 0 saturated heterocycles. The fraction of sp³-hybridized carbons (Fsp3) is 0.600. The minimum Gasteiger partial charge on any atom is -0.497 e. The highest BCUT2D eigenvalue weighted by atomic mass is 16.5. The van der Waals surface area contributed by atoms with Crippen LogP contribution >= 0.6 is 0 Å². The standard InChI is InChI=1S/C15H26N2O/c1-12(16-9-10-17-15(2,3)4)13-7-6-8-14(11-13)18-5/h6-8,11-12,16-17H,9-10H2,1-5H3/t12-/m1/s1. The summed E-state index contributed by atoms with van der Waals surface area (Å²) in [6.45, 7) is 10.6. The zero-order valence-electron chi connectivity index (χ0n) is 12.2. The number of methoxy groups -OCH3 is 1. The first-order valence-electron chi connectivity index (χ1n) is 6.55. The van der Waals surface area contributed by atoms with Crippen LogP contribution in [0.5, 0.6) is 5.75 Å². The third kappa shape index (κ3) is 5.52. The van der Waals surface area contributed by atoms with Gasteiger partial charge in [-0.25, -0.2) is 0 Å². The third-order valence-corrected chi connectivity index (χ3v) is 2.82. The lowest BCUT2D eigenvalue weighted by Crippen LogP contribution is -2.40. The van der Waals surface area contributed by atoms with Crippen LogP contribution in [0.2, 0.25) is 0 Å². The smallest absolute Gasteiger partial charge is 0.119 e. The van der Waals surface area contributed by atoms with Crippen LogP contribution in [0.15, 0.2) is 24.3 Å². The largest absolute Gasteiger partial charge is 0.497 e. The van der Waals surface area contributed by atoms with Gasteiger partial charge in [-0.05, 0) is 45.4 Å². The number of nitrogens with one attached hydrogen (secondary N) is 2. The number of benzene rings is 1. The summed E-state index contributed by atoms with van der Waals surface area (Å²) in [5.41, 5.74) is 1.44. The van der Waals surface area contributed by atoms with Crippen LogP contribution in [0.4, 0.5) is 0 Å². The molecule has 1 rings (SSSR count). The van der Waals surface area contributed by atoms with Crippen LogP contribution in [0, 0.1) is 0 Å². The quantitative estimate of drug-likeness (QED) is 0.762. The number of rotatable bonds is 6. The monoisotopic (exact) mass is 250 g/mol. The van der Waals surface area contributed by atoms with E-state index in [4.69, 9.17) is 4.74 Å². The molecular weight excluding hydrogens is 224 g/mol. The summed E-state index contributed by atoms with van der Waals surface area (Å²) < 4.78 is 5.24. The molecule has 0 heterocycles. The average molecular weight is 250 g/mol. The van der Waals surface area contributed by atoms with Gasteiger partial charge in [0.1, 0.15) is 5.75 Å². The Kier molecular flexibility index (Phi) is 5.63. The summed E-state index contributed by atoms with van der Waals surface area (Å²) in [4.78, 5) is 0. The number of hydrogen-bond acceptors (Lipinski definition) is 3. The Balaban J connectivity index is 2.38. The summed E-state index contributed by atoms with van der Waals surface area (Å²) in [5.74, 6) is 0.911. The van der Waals surface area contributed by atoms with Crippen LogP contribution < -0.4 is 15.4 Å². The maximum absolute atomic E-state index is 5.24. The molecule has 0 spiro atoms. The van der Waals surface area contributed by atoms with Crippen molar-refractivity contribution in [3.63, 3.8) is 0 Å². The van der Waals surface area contributed by atoms with Gasteiger partial charge in [-0.2, -0.15) is 0 Å². The molecule has 0 aliphatic carbocycles. The topological polar surface area (TPSA) is 33.3 Å². The summed E-state index contributed by atoms with van der Waals surface area (Å²) in [6.07, 6.45) is 0. The first-order valence-corrected chi connectivity index (χ1v) is 6.55. The molecule has 0 amide bonds. The average Bonchev–Trinajstić information content (AvgIpc) is 2.33. The van der Waals surface area contributed by atoms with E-state index in [0.29, 0.717) is 6.04 Å². The van der Waals surface area contributed by atoms with Gasteiger partial charge in [-0.15, -0.1) is 0 Å². The van der Waals surface area contributed by atoms with Gasteiger partial charge in [0, 0.05) is 24.7 Å². The number of hydrogen-bond donors (Lipinski definition) is 2. The molecule has 0 radical (unpaired) electrons. The van der Waals surface area contributed by atoms with Gasteiger partial charge in [-0.1, -0.05) is 12.1 Å². The van der Waals surface area contributed by atoms with Crippen molar-refractivity contribution in [3.8, 4) is 5.75 Å². The van der Waals surface area contributed by atoms with E-state index in [1.165, 1.54) is 5.56 Å². The molecule has 0 bridgehead atoms.